The van der Waals surface area contributed by atoms with Crippen molar-refractivity contribution in [1.29, 1.82) is 5.26 Å². The quantitative estimate of drug-likeness (QED) is 0.838. The summed E-state index contributed by atoms with van der Waals surface area (Å²) in [5, 5.41) is 8.84. The maximum absolute atomic E-state index is 12.6. The van der Waals surface area contributed by atoms with Gasteiger partial charge < -0.3 is 4.90 Å². The summed E-state index contributed by atoms with van der Waals surface area (Å²) in [5.41, 5.74) is 3.53. The number of amides is 1. The van der Waals surface area contributed by atoms with Gasteiger partial charge in [-0.05, 0) is 43.2 Å². The number of hydrogen-bond donors (Lipinski definition) is 0. The predicted octanol–water partition coefficient (Wildman–Crippen LogP) is 3.92. The van der Waals surface area contributed by atoms with E-state index < -0.39 is 0 Å². The van der Waals surface area contributed by atoms with Gasteiger partial charge in [0.1, 0.15) is 0 Å². The molecule has 1 amide bonds. The molecule has 0 N–H and O–H groups in total. The van der Waals surface area contributed by atoms with Crippen LogP contribution in [0.4, 0.5) is 0 Å². The molecule has 112 valence electrons. The lowest BCUT2D eigenvalue weighted by molar-refractivity contribution is 0.0743. The van der Waals surface area contributed by atoms with Crippen molar-refractivity contribution in [3.63, 3.8) is 0 Å². The first kappa shape index (κ1) is 15.8. The molecule has 0 bridgehead atoms. The SMILES string of the molecule is CCCN(Cc1ccc(C#N)cc1)C(=O)c1ccc(C)cc1. The van der Waals surface area contributed by atoms with Gasteiger partial charge in [0.05, 0.1) is 11.6 Å². The second kappa shape index (κ2) is 7.42. The van der Waals surface area contributed by atoms with Gasteiger partial charge in [-0.3, -0.25) is 4.79 Å². The third-order valence-corrected chi connectivity index (χ3v) is 3.54. The lowest BCUT2D eigenvalue weighted by Gasteiger charge is -2.22. The number of aryl methyl sites for hydroxylation is 1. The Morgan fingerprint density at radius 2 is 1.73 bits per heavy atom. The summed E-state index contributed by atoms with van der Waals surface area (Å²) in [6, 6.07) is 17.2. The van der Waals surface area contributed by atoms with Crippen molar-refractivity contribution in [3.8, 4) is 6.07 Å². The van der Waals surface area contributed by atoms with Crippen molar-refractivity contribution in [1.82, 2.24) is 4.90 Å². The summed E-state index contributed by atoms with van der Waals surface area (Å²) in [6.07, 6.45) is 0.911. The Morgan fingerprint density at radius 1 is 1.09 bits per heavy atom. The van der Waals surface area contributed by atoms with E-state index in [0.717, 1.165) is 17.5 Å². The van der Waals surface area contributed by atoms with Crippen LogP contribution in [-0.2, 0) is 6.54 Å². The molecule has 0 heterocycles. The van der Waals surface area contributed by atoms with E-state index in [-0.39, 0.29) is 5.91 Å². The van der Waals surface area contributed by atoms with Crippen LogP contribution >= 0.6 is 0 Å². The average molecular weight is 292 g/mol. The lowest BCUT2D eigenvalue weighted by Crippen LogP contribution is -2.31. The zero-order valence-corrected chi connectivity index (χ0v) is 13.0. The highest BCUT2D eigenvalue weighted by Gasteiger charge is 2.15. The van der Waals surface area contributed by atoms with Crippen LogP contribution in [0.25, 0.3) is 0 Å². The fourth-order valence-corrected chi connectivity index (χ4v) is 2.31. The van der Waals surface area contributed by atoms with E-state index >= 15 is 0 Å². The van der Waals surface area contributed by atoms with Crippen LogP contribution < -0.4 is 0 Å². The van der Waals surface area contributed by atoms with Crippen LogP contribution in [0.2, 0.25) is 0 Å². The molecule has 0 saturated heterocycles. The van der Waals surface area contributed by atoms with Crippen LogP contribution in [-0.4, -0.2) is 17.4 Å². The Labute approximate surface area is 131 Å². The molecule has 0 aliphatic carbocycles. The molecule has 3 nitrogen and oxygen atoms in total. The maximum atomic E-state index is 12.6. The van der Waals surface area contributed by atoms with Crippen molar-refractivity contribution in [2.24, 2.45) is 0 Å². The largest absolute Gasteiger partial charge is 0.334 e. The smallest absolute Gasteiger partial charge is 0.254 e. The third kappa shape index (κ3) is 3.95. The van der Waals surface area contributed by atoms with E-state index in [1.807, 2.05) is 48.2 Å². The van der Waals surface area contributed by atoms with Gasteiger partial charge in [-0.2, -0.15) is 5.26 Å². The molecule has 2 aromatic rings. The molecule has 3 heteroatoms. The monoisotopic (exact) mass is 292 g/mol. The predicted molar refractivity (Wildman–Crippen MR) is 87.4 cm³/mol. The zero-order valence-electron chi connectivity index (χ0n) is 13.0. The highest BCUT2D eigenvalue weighted by Crippen LogP contribution is 2.12. The van der Waals surface area contributed by atoms with Gasteiger partial charge in [-0.15, -0.1) is 0 Å². The van der Waals surface area contributed by atoms with Gasteiger partial charge >= 0.3 is 0 Å². The first-order chi connectivity index (χ1) is 10.6. The van der Waals surface area contributed by atoms with Crippen LogP contribution in [0.1, 0.15) is 40.4 Å². The van der Waals surface area contributed by atoms with E-state index in [1.165, 1.54) is 0 Å². The Bertz CT molecular complexity index is 666. The minimum Gasteiger partial charge on any atom is -0.334 e. The zero-order chi connectivity index (χ0) is 15.9. The van der Waals surface area contributed by atoms with Gasteiger partial charge in [-0.1, -0.05) is 36.8 Å². The van der Waals surface area contributed by atoms with Gasteiger partial charge in [0.25, 0.3) is 5.91 Å². The summed E-state index contributed by atoms with van der Waals surface area (Å²) < 4.78 is 0. The second-order valence-corrected chi connectivity index (χ2v) is 5.40. The van der Waals surface area contributed by atoms with Crippen LogP contribution in [0.3, 0.4) is 0 Å². The summed E-state index contributed by atoms with van der Waals surface area (Å²) >= 11 is 0. The molecule has 0 radical (unpaired) electrons. The normalized spacial score (nSPS) is 10.0. The number of rotatable bonds is 5. The molecular formula is C19H20N2O. The van der Waals surface area contributed by atoms with E-state index in [1.54, 1.807) is 12.1 Å². The first-order valence-electron chi connectivity index (χ1n) is 7.49. The van der Waals surface area contributed by atoms with Gasteiger partial charge in [0.15, 0.2) is 0 Å². The lowest BCUT2D eigenvalue weighted by atomic mass is 10.1. The van der Waals surface area contributed by atoms with Crippen molar-refractivity contribution < 1.29 is 4.79 Å². The van der Waals surface area contributed by atoms with Gasteiger partial charge in [0, 0.05) is 18.7 Å². The van der Waals surface area contributed by atoms with E-state index in [4.69, 9.17) is 5.26 Å². The molecule has 0 aliphatic heterocycles. The number of benzene rings is 2. The second-order valence-electron chi connectivity index (χ2n) is 5.40. The Kier molecular flexibility index (Phi) is 5.32. The number of nitriles is 1. The highest BCUT2D eigenvalue weighted by atomic mass is 16.2. The Balaban J connectivity index is 2.16. The first-order valence-corrected chi connectivity index (χ1v) is 7.49. The average Bonchev–Trinajstić information content (AvgIpc) is 2.55. The summed E-state index contributed by atoms with van der Waals surface area (Å²) in [7, 11) is 0. The summed E-state index contributed by atoms with van der Waals surface area (Å²) in [6.45, 7) is 5.35. The molecule has 2 rings (SSSR count). The van der Waals surface area contributed by atoms with E-state index in [2.05, 4.69) is 13.0 Å². The van der Waals surface area contributed by atoms with Crippen molar-refractivity contribution >= 4 is 5.91 Å². The molecule has 0 aromatic heterocycles. The van der Waals surface area contributed by atoms with Crippen LogP contribution in [0.15, 0.2) is 48.5 Å². The van der Waals surface area contributed by atoms with Crippen LogP contribution in [0.5, 0.6) is 0 Å². The summed E-state index contributed by atoms with van der Waals surface area (Å²) in [5.74, 6) is 0.0474. The number of carbonyl (C=O) groups is 1. The third-order valence-electron chi connectivity index (χ3n) is 3.54. The number of carbonyl (C=O) groups excluding carboxylic acids is 1. The molecular weight excluding hydrogens is 272 g/mol. The van der Waals surface area contributed by atoms with Gasteiger partial charge in [-0.25, -0.2) is 0 Å². The molecule has 0 atom stereocenters. The van der Waals surface area contributed by atoms with E-state index in [9.17, 15) is 4.79 Å². The van der Waals surface area contributed by atoms with Gasteiger partial charge in [0.2, 0.25) is 0 Å². The molecule has 0 saturated carbocycles. The van der Waals surface area contributed by atoms with Crippen LogP contribution in [0, 0.1) is 18.3 Å². The fourth-order valence-electron chi connectivity index (χ4n) is 2.31. The topological polar surface area (TPSA) is 44.1 Å². The maximum Gasteiger partial charge on any atom is 0.254 e. The standard InChI is InChI=1S/C19H20N2O/c1-3-12-21(14-17-8-6-16(13-20)7-9-17)19(22)18-10-4-15(2)5-11-18/h4-11H,3,12,14H2,1-2H3. The minimum absolute atomic E-state index is 0.0474. The molecule has 0 aliphatic rings. The highest BCUT2D eigenvalue weighted by molar-refractivity contribution is 5.94. The molecule has 22 heavy (non-hydrogen) atoms. The van der Waals surface area contributed by atoms with Crippen molar-refractivity contribution in [2.45, 2.75) is 26.8 Å². The Morgan fingerprint density at radius 3 is 2.27 bits per heavy atom. The minimum atomic E-state index is 0.0474. The van der Waals surface area contributed by atoms with E-state index in [0.29, 0.717) is 24.2 Å². The Hall–Kier alpha value is -2.60. The van der Waals surface area contributed by atoms with Crippen molar-refractivity contribution in [3.05, 3.63) is 70.8 Å². The number of nitrogens with zero attached hydrogens (tertiary/aromatic N) is 2. The molecule has 0 unspecified atom stereocenters. The molecule has 2 aromatic carbocycles. The summed E-state index contributed by atoms with van der Waals surface area (Å²) in [4.78, 5) is 14.5. The van der Waals surface area contributed by atoms with Crippen molar-refractivity contribution in [2.75, 3.05) is 6.54 Å². The molecule has 0 fully saturated rings. The number of hydrogen-bond acceptors (Lipinski definition) is 2. The fraction of sp³-hybridized carbons (Fsp3) is 0.263. The molecule has 0 spiro atoms.